The van der Waals surface area contributed by atoms with Crippen molar-refractivity contribution in [1.82, 2.24) is 0 Å². The van der Waals surface area contributed by atoms with Crippen molar-refractivity contribution < 1.29 is 0 Å². The average molecular weight is 397 g/mol. The minimum atomic E-state index is 0.158. The fourth-order valence-corrected chi connectivity index (χ4v) is 5.42. The number of aliphatic imine (C=N–C) groups is 1. The van der Waals surface area contributed by atoms with Crippen molar-refractivity contribution in [2.75, 3.05) is 0 Å². The summed E-state index contributed by atoms with van der Waals surface area (Å²) < 4.78 is 0. The van der Waals surface area contributed by atoms with Gasteiger partial charge in [0.1, 0.15) is 0 Å². The van der Waals surface area contributed by atoms with Crippen LogP contribution in [0.5, 0.6) is 0 Å². The maximum atomic E-state index is 5.33. The van der Waals surface area contributed by atoms with Gasteiger partial charge in [-0.15, -0.1) is 8.93 Å². The molecule has 136 valence electrons. The lowest BCUT2D eigenvalue weighted by Crippen LogP contribution is -2.21. The second-order valence-corrected chi connectivity index (χ2v) is 8.81. The first-order chi connectivity index (χ1) is 13.8. The predicted octanol–water partition coefficient (Wildman–Crippen LogP) is 6.07. The van der Waals surface area contributed by atoms with Crippen LogP contribution in [0.2, 0.25) is 0 Å². The van der Waals surface area contributed by atoms with Crippen molar-refractivity contribution in [2.24, 2.45) is 4.99 Å². The van der Waals surface area contributed by atoms with Gasteiger partial charge in [0.15, 0.2) is 0 Å². The van der Waals surface area contributed by atoms with Gasteiger partial charge in [-0.1, -0.05) is 99.3 Å². The fraction of sp³-hybridized carbons (Fsp3) is 0.0800. The molecule has 3 unspecified atom stereocenters. The highest BCUT2D eigenvalue weighted by atomic mass is 32.0. The molecule has 3 atom stereocenters. The van der Waals surface area contributed by atoms with E-state index in [0.717, 1.165) is 12.1 Å². The Morgan fingerprint density at radius 1 is 0.786 bits per heavy atom. The van der Waals surface area contributed by atoms with Gasteiger partial charge >= 0.3 is 0 Å². The Hall–Kier alpha value is -2.33. The number of rotatable bonds is 3. The van der Waals surface area contributed by atoms with Crippen LogP contribution in [0.25, 0.3) is 10.8 Å². The van der Waals surface area contributed by atoms with Gasteiger partial charge in [-0.05, 0) is 33.6 Å². The van der Waals surface area contributed by atoms with Crippen LogP contribution in [-0.4, -0.2) is 5.71 Å². The average Bonchev–Trinajstić information content (AvgIpc) is 2.78. The van der Waals surface area contributed by atoms with Gasteiger partial charge in [0.05, 0.1) is 11.8 Å². The van der Waals surface area contributed by atoms with E-state index in [2.05, 4.69) is 99.9 Å². The van der Waals surface area contributed by atoms with Crippen molar-refractivity contribution in [2.45, 2.75) is 12.5 Å². The summed E-state index contributed by atoms with van der Waals surface area (Å²) in [5.74, 6) is 0. The van der Waals surface area contributed by atoms with Crippen molar-refractivity contribution >= 4 is 39.0 Å². The molecule has 4 aromatic rings. The number of benzene rings is 4. The smallest absolute Gasteiger partial charge is 0.0797 e. The van der Waals surface area contributed by atoms with Gasteiger partial charge in [-0.3, -0.25) is 4.99 Å². The first kappa shape index (κ1) is 17.7. The summed E-state index contributed by atoms with van der Waals surface area (Å²) >= 11 is 0. The molecule has 1 nitrogen and oxygen atoms in total. The molecule has 28 heavy (non-hydrogen) atoms. The SMILES string of the molecule is PPc1ccc2ccccc2c1C1=NC(c2ccccc2)Cc2ccccc21. The van der Waals surface area contributed by atoms with Gasteiger partial charge < -0.3 is 0 Å². The molecule has 1 aliphatic heterocycles. The van der Waals surface area contributed by atoms with Crippen LogP contribution in [-0.2, 0) is 6.42 Å². The van der Waals surface area contributed by atoms with E-state index < -0.39 is 0 Å². The Labute approximate surface area is 169 Å². The molecule has 0 saturated carbocycles. The van der Waals surface area contributed by atoms with Crippen LogP contribution in [0.15, 0.2) is 96.0 Å². The van der Waals surface area contributed by atoms with Gasteiger partial charge in [0, 0.05) is 11.1 Å². The third-order valence-corrected chi connectivity index (χ3v) is 7.14. The molecule has 0 radical (unpaired) electrons. The molecule has 0 aliphatic carbocycles. The Bertz CT molecular complexity index is 1180. The monoisotopic (exact) mass is 397 g/mol. The first-order valence-electron chi connectivity index (χ1n) is 9.55. The summed E-state index contributed by atoms with van der Waals surface area (Å²) in [5.41, 5.74) is 6.37. The maximum absolute atomic E-state index is 5.33. The zero-order valence-corrected chi connectivity index (χ0v) is 17.6. The number of hydrogen-bond acceptors (Lipinski definition) is 1. The van der Waals surface area contributed by atoms with Crippen molar-refractivity contribution in [3.63, 3.8) is 0 Å². The Morgan fingerprint density at radius 2 is 1.54 bits per heavy atom. The lowest BCUT2D eigenvalue weighted by Gasteiger charge is -2.26. The lowest BCUT2D eigenvalue weighted by molar-refractivity contribution is 0.712. The second kappa shape index (κ2) is 7.59. The molecule has 0 amide bonds. The number of hydrogen-bond donors (Lipinski definition) is 0. The van der Waals surface area contributed by atoms with E-state index >= 15 is 0 Å². The van der Waals surface area contributed by atoms with Crippen LogP contribution in [0.3, 0.4) is 0 Å². The zero-order chi connectivity index (χ0) is 18.9. The van der Waals surface area contributed by atoms with E-state index in [0.29, 0.717) is 8.27 Å². The molecule has 0 bridgehead atoms. The quantitative estimate of drug-likeness (QED) is 0.372. The molecule has 0 saturated heterocycles. The van der Waals surface area contributed by atoms with E-state index in [4.69, 9.17) is 4.99 Å². The molecule has 5 rings (SSSR count). The second-order valence-electron chi connectivity index (χ2n) is 7.12. The summed E-state index contributed by atoms with van der Waals surface area (Å²) in [7, 11) is 3.56. The molecule has 0 N–H and O–H groups in total. The lowest BCUT2D eigenvalue weighted by atomic mass is 9.86. The molecular formula is C25H21NP2. The fourth-order valence-electron chi connectivity index (χ4n) is 4.12. The van der Waals surface area contributed by atoms with E-state index in [9.17, 15) is 0 Å². The minimum Gasteiger partial charge on any atom is -0.276 e. The Balaban J connectivity index is 1.79. The predicted molar refractivity (Wildman–Crippen MR) is 127 cm³/mol. The summed E-state index contributed by atoms with van der Waals surface area (Å²) in [6.07, 6.45) is 0.951. The highest BCUT2D eigenvalue weighted by Crippen LogP contribution is 2.35. The van der Waals surface area contributed by atoms with E-state index in [1.165, 1.54) is 38.3 Å². The number of fused-ring (bicyclic) bond motifs is 2. The molecule has 4 aromatic carbocycles. The highest BCUT2D eigenvalue weighted by molar-refractivity contribution is 8.06. The van der Waals surface area contributed by atoms with Gasteiger partial charge in [-0.25, -0.2) is 0 Å². The van der Waals surface area contributed by atoms with Crippen molar-refractivity contribution in [3.8, 4) is 0 Å². The van der Waals surface area contributed by atoms with E-state index in [1.807, 2.05) is 0 Å². The van der Waals surface area contributed by atoms with E-state index in [1.54, 1.807) is 0 Å². The van der Waals surface area contributed by atoms with Crippen molar-refractivity contribution in [3.05, 3.63) is 113 Å². The Kier molecular flexibility index (Phi) is 4.81. The Morgan fingerprint density at radius 3 is 2.39 bits per heavy atom. The summed E-state index contributed by atoms with van der Waals surface area (Å²) in [6.45, 7) is 0. The molecule has 3 heteroatoms. The number of nitrogens with zero attached hydrogens (tertiary/aromatic N) is 1. The molecule has 1 aliphatic rings. The standard InChI is InChI=1S/C25H21NP2/c27-28-23-15-14-17-8-4-6-12-20(17)24(23)25-21-13-7-5-11-19(21)16-22(26-25)18-9-2-1-3-10-18/h1-15,22,28H,16,27H2. The topological polar surface area (TPSA) is 12.4 Å². The minimum absolute atomic E-state index is 0.158. The van der Waals surface area contributed by atoms with Crippen LogP contribution in [0.4, 0.5) is 0 Å². The van der Waals surface area contributed by atoms with E-state index in [-0.39, 0.29) is 6.04 Å². The van der Waals surface area contributed by atoms with Crippen LogP contribution in [0, 0.1) is 0 Å². The third kappa shape index (κ3) is 3.10. The largest absolute Gasteiger partial charge is 0.276 e. The van der Waals surface area contributed by atoms with Crippen LogP contribution in [0.1, 0.15) is 28.3 Å². The third-order valence-electron chi connectivity index (χ3n) is 5.48. The summed E-state index contributed by atoms with van der Waals surface area (Å²) in [5, 5.41) is 3.91. The molecule has 1 heterocycles. The highest BCUT2D eigenvalue weighted by Gasteiger charge is 2.25. The molecular weight excluding hydrogens is 376 g/mol. The molecule has 0 fully saturated rings. The molecule has 0 aromatic heterocycles. The van der Waals surface area contributed by atoms with Crippen molar-refractivity contribution in [1.29, 1.82) is 0 Å². The normalized spacial score (nSPS) is 16.3. The maximum Gasteiger partial charge on any atom is 0.0797 e. The van der Waals surface area contributed by atoms with Gasteiger partial charge in [0.25, 0.3) is 0 Å². The zero-order valence-electron chi connectivity index (χ0n) is 15.5. The van der Waals surface area contributed by atoms with Gasteiger partial charge in [-0.2, -0.15) is 0 Å². The van der Waals surface area contributed by atoms with Gasteiger partial charge in [0.2, 0.25) is 0 Å². The van der Waals surface area contributed by atoms with Crippen LogP contribution < -0.4 is 5.30 Å². The van der Waals surface area contributed by atoms with Crippen LogP contribution >= 0.6 is 17.2 Å². The first-order valence-corrected chi connectivity index (χ1v) is 12.4. The summed E-state index contributed by atoms with van der Waals surface area (Å²) in [6, 6.07) is 32.8. The molecule has 0 spiro atoms. The summed E-state index contributed by atoms with van der Waals surface area (Å²) in [4.78, 5) is 5.33.